The molecule has 0 fully saturated rings. The summed E-state index contributed by atoms with van der Waals surface area (Å²) in [6, 6.07) is 7.75. The summed E-state index contributed by atoms with van der Waals surface area (Å²) in [7, 11) is 0. The number of hydrogen-bond donors (Lipinski definition) is 1. The van der Waals surface area contributed by atoms with Gasteiger partial charge in [0.25, 0.3) is 5.91 Å². The van der Waals surface area contributed by atoms with E-state index in [0.29, 0.717) is 10.8 Å². The average molecular weight is 359 g/mol. The van der Waals surface area contributed by atoms with Gasteiger partial charge in [-0.3, -0.25) is 4.79 Å². The lowest BCUT2D eigenvalue weighted by Gasteiger charge is -2.16. The molecule has 0 aliphatic rings. The van der Waals surface area contributed by atoms with Crippen LogP contribution in [-0.2, 0) is 16.0 Å². The Balaban J connectivity index is 2.00. The van der Waals surface area contributed by atoms with Crippen LogP contribution in [0.4, 0.5) is 5.69 Å². The molecule has 1 aromatic heterocycles. The summed E-state index contributed by atoms with van der Waals surface area (Å²) >= 11 is 1.43. The van der Waals surface area contributed by atoms with E-state index in [0.717, 1.165) is 33.7 Å². The Hall–Kier alpha value is -2.14. The first-order chi connectivity index (χ1) is 11.8. The predicted octanol–water partition coefficient (Wildman–Crippen LogP) is 4.85. The fourth-order valence-electron chi connectivity index (χ4n) is 2.69. The van der Waals surface area contributed by atoms with E-state index in [1.807, 2.05) is 38.1 Å². The lowest BCUT2D eigenvalue weighted by Crippen LogP contribution is -2.22. The number of anilines is 1. The highest BCUT2D eigenvalue weighted by atomic mass is 32.1. The zero-order chi connectivity index (χ0) is 18.6. The fourth-order valence-corrected chi connectivity index (χ4v) is 3.70. The van der Waals surface area contributed by atoms with Crippen LogP contribution in [0, 0.1) is 13.8 Å². The lowest BCUT2D eigenvalue weighted by molar-refractivity contribution is -0.119. The van der Waals surface area contributed by atoms with Crippen LogP contribution in [0.15, 0.2) is 24.3 Å². The van der Waals surface area contributed by atoms with Gasteiger partial charge in [-0.1, -0.05) is 39.0 Å². The molecule has 1 amide bonds. The van der Waals surface area contributed by atoms with Crippen LogP contribution in [0.2, 0.25) is 0 Å². The van der Waals surface area contributed by atoms with Gasteiger partial charge in [-0.05, 0) is 48.9 Å². The van der Waals surface area contributed by atoms with E-state index in [9.17, 15) is 9.59 Å². The van der Waals surface area contributed by atoms with Crippen LogP contribution in [0.1, 0.15) is 57.9 Å². The monoisotopic (exact) mass is 359 g/mol. The van der Waals surface area contributed by atoms with E-state index >= 15 is 0 Å². The Morgan fingerprint density at radius 1 is 1.20 bits per heavy atom. The van der Waals surface area contributed by atoms with Gasteiger partial charge >= 0.3 is 5.97 Å². The van der Waals surface area contributed by atoms with Crippen LogP contribution in [0.5, 0.6) is 0 Å². The van der Waals surface area contributed by atoms with E-state index in [1.54, 1.807) is 0 Å². The number of aryl methyl sites for hydroxylation is 3. The van der Waals surface area contributed by atoms with Crippen LogP contribution < -0.4 is 5.32 Å². The van der Waals surface area contributed by atoms with Crippen LogP contribution in [0.3, 0.4) is 0 Å². The molecule has 1 heterocycles. The van der Waals surface area contributed by atoms with Gasteiger partial charge in [0.05, 0.1) is 0 Å². The molecule has 1 aromatic carbocycles. The summed E-state index contributed by atoms with van der Waals surface area (Å²) < 4.78 is 5.17. The van der Waals surface area contributed by atoms with Crippen molar-refractivity contribution in [3.63, 3.8) is 0 Å². The second-order valence-electron chi connectivity index (χ2n) is 6.39. The zero-order valence-electron chi connectivity index (χ0n) is 15.4. The van der Waals surface area contributed by atoms with Crippen molar-refractivity contribution in [3.8, 4) is 0 Å². The standard InChI is InChI=1S/C20H25NO3S/c1-6-16-14(5)10-17(25-16)20(23)24-11-18(22)21-19-13(4)8-7-9-15(19)12(2)3/h7-10,12H,6,11H2,1-5H3,(H,21,22). The number of esters is 1. The molecular formula is C20H25NO3S. The molecule has 0 spiro atoms. The van der Waals surface area contributed by atoms with Crippen LogP contribution in [-0.4, -0.2) is 18.5 Å². The minimum atomic E-state index is -0.447. The first kappa shape index (κ1) is 19.2. The third kappa shape index (κ3) is 4.69. The Labute approximate surface area is 153 Å². The molecule has 25 heavy (non-hydrogen) atoms. The second-order valence-corrected chi connectivity index (χ2v) is 7.53. The number of hydrogen-bond acceptors (Lipinski definition) is 4. The normalized spacial score (nSPS) is 10.8. The predicted molar refractivity (Wildman–Crippen MR) is 103 cm³/mol. The number of amides is 1. The average Bonchev–Trinajstić information content (AvgIpc) is 2.95. The molecule has 0 bridgehead atoms. The molecule has 2 aromatic rings. The largest absolute Gasteiger partial charge is 0.451 e. The molecule has 134 valence electrons. The summed E-state index contributed by atoms with van der Waals surface area (Å²) in [5, 5.41) is 2.88. The van der Waals surface area contributed by atoms with Crippen molar-refractivity contribution in [1.82, 2.24) is 0 Å². The highest BCUT2D eigenvalue weighted by Gasteiger charge is 2.16. The van der Waals surface area contributed by atoms with Crippen molar-refractivity contribution in [3.05, 3.63) is 50.7 Å². The maximum absolute atomic E-state index is 12.2. The molecule has 0 saturated heterocycles. The first-order valence-corrected chi connectivity index (χ1v) is 9.30. The number of benzene rings is 1. The van der Waals surface area contributed by atoms with Gasteiger partial charge in [-0.25, -0.2) is 4.79 Å². The van der Waals surface area contributed by atoms with Gasteiger partial charge in [-0.15, -0.1) is 11.3 Å². The molecule has 0 saturated carbocycles. The molecule has 0 unspecified atom stereocenters. The molecule has 4 nitrogen and oxygen atoms in total. The zero-order valence-corrected chi connectivity index (χ0v) is 16.3. The highest BCUT2D eigenvalue weighted by molar-refractivity contribution is 7.14. The number of carbonyl (C=O) groups excluding carboxylic acids is 2. The smallest absolute Gasteiger partial charge is 0.348 e. The Morgan fingerprint density at radius 3 is 2.52 bits per heavy atom. The van der Waals surface area contributed by atoms with Crippen molar-refractivity contribution in [2.75, 3.05) is 11.9 Å². The minimum absolute atomic E-state index is 0.289. The van der Waals surface area contributed by atoms with Crippen molar-refractivity contribution >= 4 is 28.9 Å². The topological polar surface area (TPSA) is 55.4 Å². The second kappa shape index (κ2) is 8.30. The maximum atomic E-state index is 12.2. The number of thiophene rings is 1. The van der Waals surface area contributed by atoms with E-state index in [-0.39, 0.29) is 12.5 Å². The molecular weight excluding hydrogens is 334 g/mol. The summed E-state index contributed by atoms with van der Waals surface area (Å²) in [4.78, 5) is 26.1. The molecule has 0 atom stereocenters. The number of rotatable bonds is 6. The Bertz CT molecular complexity index is 777. The summed E-state index contributed by atoms with van der Waals surface area (Å²) in [6.07, 6.45) is 0.884. The molecule has 0 aliphatic carbocycles. The Kier molecular flexibility index (Phi) is 6.37. The SMILES string of the molecule is CCc1sc(C(=O)OCC(=O)Nc2c(C)cccc2C(C)C)cc1C. The van der Waals surface area contributed by atoms with Gasteiger partial charge < -0.3 is 10.1 Å². The van der Waals surface area contributed by atoms with Crippen LogP contribution >= 0.6 is 11.3 Å². The fraction of sp³-hybridized carbons (Fsp3) is 0.400. The minimum Gasteiger partial charge on any atom is -0.451 e. The van der Waals surface area contributed by atoms with Crippen molar-refractivity contribution in [1.29, 1.82) is 0 Å². The molecule has 0 aliphatic heterocycles. The van der Waals surface area contributed by atoms with Gasteiger partial charge in [0, 0.05) is 10.6 Å². The Morgan fingerprint density at radius 2 is 1.92 bits per heavy atom. The number of para-hydroxylation sites is 1. The molecule has 2 rings (SSSR count). The number of nitrogens with one attached hydrogen (secondary N) is 1. The van der Waals surface area contributed by atoms with Crippen molar-refractivity contribution in [2.24, 2.45) is 0 Å². The maximum Gasteiger partial charge on any atom is 0.348 e. The van der Waals surface area contributed by atoms with Gasteiger partial charge in [0.15, 0.2) is 6.61 Å². The summed E-state index contributed by atoms with van der Waals surface area (Å²) in [5.74, 6) is -0.482. The van der Waals surface area contributed by atoms with E-state index in [1.165, 1.54) is 11.3 Å². The van der Waals surface area contributed by atoms with Crippen molar-refractivity contribution < 1.29 is 14.3 Å². The number of ether oxygens (including phenoxy) is 1. The van der Waals surface area contributed by atoms with Crippen molar-refractivity contribution in [2.45, 2.75) is 47.0 Å². The quantitative estimate of drug-likeness (QED) is 0.750. The highest BCUT2D eigenvalue weighted by Crippen LogP contribution is 2.27. The third-order valence-electron chi connectivity index (χ3n) is 4.07. The molecule has 5 heteroatoms. The van der Waals surface area contributed by atoms with E-state index in [2.05, 4.69) is 26.1 Å². The number of carbonyl (C=O) groups is 2. The van der Waals surface area contributed by atoms with Gasteiger partial charge in [0.2, 0.25) is 0 Å². The van der Waals surface area contributed by atoms with Crippen LogP contribution in [0.25, 0.3) is 0 Å². The van der Waals surface area contributed by atoms with Gasteiger partial charge in [-0.2, -0.15) is 0 Å². The summed E-state index contributed by atoms with van der Waals surface area (Å²) in [6.45, 7) is 9.85. The molecule has 1 N–H and O–H groups in total. The third-order valence-corrected chi connectivity index (χ3v) is 5.43. The lowest BCUT2D eigenvalue weighted by atomic mass is 9.98. The van der Waals surface area contributed by atoms with E-state index in [4.69, 9.17) is 4.74 Å². The first-order valence-electron chi connectivity index (χ1n) is 8.49. The molecule has 0 radical (unpaired) electrons. The summed E-state index contributed by atoms with van der Waals surface area (Å²) in [5.41, 5.74) is 3.96. The van der Waals surface area contributed by atoms with E-state index < -0.39 is 5.97 Å². The van der Waals surface area contributed by atoms with Gasteiger partial charge in [0.1, 0.15) is 4.88 Å².